The van der Waals surface area contributed by atoms with Crippen molar-refractivity contribution in [2.45, 2.75) is 4.90 Å². The Morgan fingerprint density at radius 3 is 2.50 bits per heavy atom. The minimum absolute atomic E-state index is 0.0989. The molecule has 1 saturated heterocycles. The molecule has 8 heteroatoms. The molecular formula is C18H19IN2O4S. The molecule has 26 heavy (non-hydrogen) atoms. The van der Waals surface area contributed by atoms with Gasteiger partial charge in [0.2, 0.25) is 10.0 Å². The highest BCUT2D eigenvalue weighted by molar-refractivity contribution is 14.1. The van der Waals surface area contributed by atoms with Gasteiger partial charge in [-0.3, -0.25) is 4.79 Å². The van der Waals surface area contributed by atoms with Crippen molar-refractivity contribution >= 4 is 44.1 Å². The number of sulfonamides is 1. The SMILES string of the molecule is O=C(CNc1ccc(I)cc1)c1cccc(S(=O)(=O)N2CCOCC2)c1. The Morgan fingerprint density at radius 2 is 1.81 bits per heavy atom. The lowest BCUT2D eigenvalue weighted by atomic mass is 10.1. The van der Waals surface area contributed by atoms with Crippen molar-refractivity contribution < 1.29 is 17.9 Å². The van der Waals surface area contributed by atoms with Crippen LogP contribution < -0.4 is 5.32 Å². The molecule has 0 spiro atoms. The number of carbonyl (C=O) groups is 1. The van der Waals surface area contributed by atoms with Crippen LogP contribution in [0.2, 0.25) is 0 Å². The number of anilines is 1. The molecule has 0 radical (unpaired) electrons. The van der Waals surface area contributed by atoms with Crippen molar-refractivity contribution in [3.63, 3.8) is 0 Å². The highest BCUT2D eigenvalue weighted by Crippen LogP contribution is 2.19. The van der Waals surface area contributed by atoms with E-state index in [0.29, 0.717) is 31.9 Å². The average molecular weight is 486 g/mol. The smallest absolute Gasteiger partial charge is 0.243 e. The fourth-order valence-electron chi connectivity index (χ4n) is 2.62. The number of morpholine rings is 1. The maximum atomic E-state index is 12.7. The van der Waals surface area contributed by atoms with Crippen LogP contribution in [0, 0.1) is 3.57 Å². The summed E-state index contributed by atoms with van der Waals surface area (Å²) < 4.78 is 33.1. The van der Waals surface area contributed by atoms with Gasteiger partial charge in [-0.1, -0.05) is 12.1 Å². The van der Waals surface area contributed by atoms with Crippen LogP contribution in [0.25, 0.3) is 0 Å². The average Bonchev–Trinajstić information content (AvgIpc) is 2.68. The number of carbonyl (C=O) groups excluding carboxylic acids is 1. The van der Waals surface area contributed by atoms with Gasteiger partial charge in [0, 0.05) is 27.9 Å². The normalized spacial score (nSPS) is 15.6. The summed E-state index contributed by atoms with van der Waals surface area (Å²) in [4.78, 5) is 12.6. The molecule has 0 amide bonds. The van der Waals surface area contributed by atoms with Crippen LogP contribution in [0.15, 0.2) is 53.4 Å². The van der Waals surface area contributed by atoms with Crippen LogP contribution in [-0.2, 0) is 14.8 Å². The number of hydrogen-bond acceptors (Lipinski definition) is 5. The fraction of sp³-hybridized carbons (Fsp3) is 0.278. The van der Waals surface area contributed by atoms with Crippen LogP contribution in [0.4, 0.5) is 5.69 Å². The van der Waals surface area contributed by atoms with Crippen molar-refractivity contribution in [3.05, 3.63) is 57.7 Å². The molecule has 2 aromatic carbocycles. The largest absolute Gasteiger partial charge is 0.379 e. The zero-order valence-corrected chi connectivity index (χ0v) is 17.0. The number of benzene rings is 2. The molecule has 0 aromatic heterocycles. The van der Waals surface area contributed by atoms with E-state index in [1.807, 2.05) is 24.3 Å². The lowest BCUT2D eigenvalue weighted by Crippen LogP contribution is -2.40. The summed E-state index contributed by atoms with van der Waals surface area (Å²) in [5.41, 5.74) is 1.22. The second-order valence-electron chi connectivity index (χ2n) is 5.83. The topological polar surface area (TPSA) is 75.7 Å². The second kappa shape index (κ2) is 8.47. The summed E-state index contributed by atoms with van der Waals surface area (Å²) in [6, 6.07) is 13.9. The Labute approximate surface area is 166 Å². The predicted octanol–water partition coefficient (Wildman–Crippen LogP) is 2.61. The van der Waals surface area contributed by atoms with Crippen molar-refractivity contribution in [1.29, 1.82) is 0 Å². The molecule has 3 rings (SSSR count). The van der Waals surface area contributed by atoms with Gasteiger partial charge in [-0.15, -0.1) is 0 Å². The maximum absolute atomic E-state index is 12.7. The van der Waals surface area contributed by atoms with E-state index in [1.165, 1.54) is 16.4 Å². The van der Waals surface area contributed by atoms with Gasteiger partial charge >= 0.3 is 0 Å². The molecule has 138 valence electrons. The molecule has 0 saturated carbocycles. The lowest BCUT2D eigenvalue weighted by molar-refractivity contribution is 0.0730. The standard InChI is InChI=1S/C18H19IN2O4S/c19-15-4-6-16(7-5-15)20-13-18(22)14-2-1-3-17(12-14)26(23,24)21-8-10-25-11-9-21/h1-7,12,20H,8-11,13H2. The molecule has 1 aliphatic rings. The third-order valence-corrected chi connectivity index (χ3v) is 6.67. The monoisotopic (exact) mass is 486 g/mol. The van der Waals surface area contributed by atoms with Crippen LogP contribution in [0.1, 0.15) is 10.4 Å². The van der Waals surface area contributed by atoms with Gasteiger partial charge in [0.15, 0.2) is 5.78 Å². The summed E-state index contributed by atoms with van der Waals surface area (Å²) in [7, 11) is -3.61. The van der Waals surface area contributed by atoms with E-state index >= 15 is 0 Å². The summed E-state index contributed by atoms with van der Waals surface area (Å²) >= 11 is 2.21. The summed E-state index contributed by atoms with van der Waals surface area (Å²) in [6.45, 7) is 1.53. The molecule has 0 unspecified atom stereocenters. The number of Topliss-reactive ketones (excluding diaryl/α,β-unsaturated/α-hetero) is 1. The van der Waals surface area contributed by atoms with Crippen molar-refractivity contribution in [2.75, 3.05) is 38.2 Å². The summed E-state index contributed by atoms with van der Waals surface area (Å²) in [5, 5.41) is 3.06. The minimum Gasteiger partial charge on any atom is -0.379 e. The number of halogens is 1. The van der Waals surface area contributed by atoms with E-state index in [9.17, 15) is 13.2 Å². The number of rotatable bonds is 6. The van der Waals surface area contributed by atoms with Gasteiger partial charge in [0.1, 0.15) is 0 Å². The summed E-state index contributed by atoms with van der Waals surface area (Å²) in [5.74, 6) is -0.164. The second-order valence-corrected chi connectivity index (χ2v) is 9.01. The molecule has 6 nitrogen and oxygen atoms in total. The van der Waals surface area contributed by atoms with Crippen LogP contribution in [-0.4, -0.2) is 51.4 Å². The van der Waals surface area contributed by atoms with E-state index in [0.717, 1.165) is 9.26 Å². The number of hydrogen-bond donors (Lipinski definition) is 1. The molecule has 1 heterocycles. The number of nitrogens with one attached hydrogen (secondary N) is 1. The van der Waals surface area contributed by atoms with Crippen LogP contribution in [0.5, 0.6) is 0 Å². The number of nitrogens with zero attached hydrogens (tertiary/aromatic N) is 1. The molecular weight excluding hydrogens is 467 g/mol. The van der Waals surface area contributed by atoms with Gasteiger partial charge in [-0.05, 0) is 59.0 Å². The molecule has 0 bridgehead atoms. The van der Waals surface area contributed by atoms with Crippen LogP contribution >= 0.6 is 22.6 Å². The molecule has 0 atom stereocenters. The highest BCUT2D eigenvalue weighted by atomic mass is 127. The maximum Gasteiger partial charge on any atom is 0.243 e. The number of ketones is 1. The highest BCUT2D eigenvalue weighted by Gasteiger charge is 2.26. The van der Waals surface area contributed by atoms with Crippen molar-refractivity contribution in [3.8, 4) is 0 Å². The summed E-state index contributed by atoms with van der Waals surface area (Å²) in [6.07, 6.45) is 0. The van der Waals surface area contributed by atoms with Crippen LogP contribution in [0.3, 0.4) is 0 Å². The Kier molecular flexibility index (Phi) is 6.28. The van der Waals surface area contributed by atoms with E-state index in [4.69, 9.17) is 4.74 Å². The number of ether oxygens (including phenoxy) is 1. The zero-order chi connectivity index (χ0) is 18.6. The van der Waals surface area contributed by atoms with E-state index in [2.05, 4.69) is 27.9 Å². The third-order valence-electron chi connectivity index (χ3n) is 4.06. The predicted molar refractivity (Wildman–Crippen MR) is 108 cm³/mol. The van der Waals surface area contributed by atoms with Gasteiger partial charge in [0.25, 0.3) is 0 Å². The van der Waals surface area contributed by atoms with Gasteiger partial charge in [0.05, 0.1) is 24.7 Å². The molecule has 1 aliphatic heterocycles. The van der Waals surface area contributed by atoms with Crippen molar-refractivity contribution in [2.24, 2.45) is 0 Å². The first kappa shape index (κ1) is 19.3. The van der Waals surface area contributed by atoms with Gasteiger partial charge in [-0.25, -0.2) is 8.42 Å². The van der Waals surface area contributed by atoms with Gasteiger partial charge in [-0.2, -0.15) is 4.31 Å². The first-order chi connectivity index (χ1) is 12.5. The van der Waals surface area contributed by atoms with E-state index in [1.54, 1.807) is 12.1 Å². The molecule has 1 N–H and O–H groups in total. The zero-order valence-electron chi connectivity index (χ0n) is 14.0. The van der Waals surface area contributed by atoms with Gasteiger partial charge < -0.3 is 10.1 Å². The molecule has 2 aromatic rings. The first-order valence-corrected chi connectivity index (χ1v) is 10.7. The third kappa shape index (κ3) is 4.61. The Bertz CT molecular complexity index is 878. The lowest BCUT2D eigenvalue weighted by Gasteiger charge is -2.26. The Hall–Kier alpha value is -1.49. The quantitative estimate of drug-likeness (QED) is 0.502. The molecule has 0 aliphatic carbocycles. The Morgan fingerprint density at radius 1 is 1.12 bits per heavy atom. The van der Waals surface area contributed by atoms with E-state index < -0.39 is 10.0 Å². The fourth-order valence-corrected chi connectivity index (χ4v) is 4.43. The van der Waals surface area contributed by atoms with E-state index in [-0.39, 0.29) is 17.2 Å². The first-order valence-electron chi connectivity index (χ1n) is 8.17. The minimum atomic E-state index is -3.61. The Balaban J connectivity index is 1.71. The molecule has 1 fully saturated rings. The van der Waals surface area contributed by atoms with Crippen molar-refractivity contribution in [1.82, 2.24) is 4.31 Å².